The van der Waals surface area contributed by atoms with Gasteiger partial charge in [0, 0.05) is 19.6 Å². The zero-order valence-electron chi connectivity index (χ0n) is 19.8. The van der Waals surface area contributed by atoms with E-state index in [1.165, 1.54) is 6.42 Å². The molecular formula is C25H35N5O3. The summed E-state index contributed by atoms with van der Waals surface area (Å²) in [5, 5.41) is 4.55. The van der Waals surface area contributed by atoms with Gasteiger partial charge in [-0.2, -0.15) is 5.10 Å². The number of rotatable bonds is 7. The normalized spacial score (nSPS) is 19.3. The van der Waals surface area contributed by atoms with Crippen molar-refractivity contribution in [2.24, 2.45) is 5.73 Å². The molecule has 0 aliphatic carbocycles. The monoisotopic (exact) mass is 453 g/mol. The minimum absolute atomic E-state index is 0.207. The number of aryl methyl sites for hydroxylation is 1. The average Bonchev–Trinajstić information content (AvgIpc) is 3.24. The van der Waals surface area contributed by atoms with Crippen molar-refractivity contribution in [3.8, 4) is 5.69 Å². The maximum absolute atomic E-state index is 12.7. The molecule has 4 rings (SSSR count). The molecule has 2 aromatic rings. The van der Waals surface area contributed by atoms with E-state index in [2.05, 4.69) is 14.9 Å². The van der Waals surface area contributed by atoms with E-state index in [1.54, 1.807) is 13.1 Å². The molecule has 1 aromatic carbocycles. The summed E-state index contributed by atoms with van der Waals surface area (Å²) in [7, 11) is 0. The molecule has 2 N–H and O–H groups in total. The summed E-state index contributed by atoms with van der Waals surface area (Å²) in [5.74, 6) is -0.564. The molecule has 33 heavy (non-hydrogen) atoms. The minimum atomic E-state index is -0.558. The van der Waals surface area contributed by atoms with Crippen LogP contribution in [-0.4, -0.2) is 69.8 Å². The molecule has 2 saturated heterocycles. The fraction of sp³-hybridized carbons (Fsp3) is 0.560. The maximum atomic E-state index is 12.7. The van der Waals surface area contributed by atoms with Gasteiger partial charge in [0.2, 0.25) is 5.91 Å². The van der Waals surface area contributed by atoms with Gasteiger partial charge in [-0.15, -0.1) is 0 Å². The predicted molar refractivity (Wildman–Crippen MR) is 126 cm³/mol. The molecular weight excluding hydrogens is 418 g/mol. The number of aromatic nitrogens is 2. The van der Waals surface area contributed by atoms with Crippen molar-refractivity contribution in [3.63, 3.8) is 0 Å². The summed E-state index contributed by atoms with van der Waals surface area (Å²) < 4.78 is 7.15. The fourth-order valence-corrected chi connectivity index (χ4v) is 5.25. The highest BCUT2D eigenvalue weighted by Gasteiger charge is 2.45. The number of primary amides is 1. The van der Waals surface area contributed by atoms with Crippen LogP contribution in [0.15, 0.2) is 30.5 Å². The first-order chi connectivity index (χ1) is 16.0. The Balaban J connectivity index is 1.57. The summed E-state index contributed by atoms with van der Waals surface area (Å²) in [5.41, 5.74) is 8.72. The third-order valence-electron chi connectivity index (χ3n) is 7.18. The van der Waals surface area contributed by atoms with Crippen LogP contribution in [0.2, 0.25) is 0 Å². The quantitative estimate of drug-likeness (QED) is 0.648. The Morgan fingerprint density at radius 3 is 2.42 bits per heavy atom. The fourth-order valence-electron chi connectivity index (χ4n) is 5.25. The van der Waals surface area contributed by atoms with Gasteiger partial charge in [0.05, 0.1) is 24.2 Å². The number of likely N-dealkylation sites (tertiary alicyclic amines) is 2. The molecule has 0 unspecified atom stereocenters. The van der Waals surface area contributed by atoms with Crippen LogP contribution in [0.3, 0.4) is 0 Å². The average molecular weight is 454 g/mol. The lowest BCUT2D eigenvalue weighted by Gasteiger charge is -2.48. The number of carbonyl (C=O) groups excluding carboxylic acids is 2. The first kappa shape index (κ1) is 23.4. The number of nitrogens with two attached hydrogens (primary N) is 1. The topological polar surface area (TPSA) is 93.7 Å². The largest absolute Gasteiger partial charge is 0.462 e. The van der Waals surface area contributed by atoms with E-state index in [4.69, 9.17) is 10.5 Å². The number of carbonyl (C=O) groups is 2. The molecule has 1 amide bonds. The van der Waals surface area contributed by atoms with E-state index in [9.17, 15) is 9.59 Å². The second-order valence-electron chi connectivity index (χ2n) is 9.14. The molecule has 8 nitrogen and oxygen atoms in total. The van der Waals surface area contributed by atoms with Gasteiger partial charge in [0.1, 0.15) is 11.1 Å². The van der Waals surface area contributed by atoms with E-state index in [-0.39, 0.29) is 11.9 Å². The van der Waals surface area contributed by atoms with Gasteiger partial charge in [-0.3, -0.25) is 14.6 Å². The van der Waals surface area contributed by atoms with E-state index in [0.29, 0.717) is 31.6 Å². The molecule has 0 saturated carbocycles. The van der Waals surface area contributed by atoms with Crippen LogP contribution in [0, 0.1) is 6.92 Å². The Morgan fingerprint density at radius 1 is 1.09 bits per heavy atom. The molecule has 2 aliphatic heterocycles. The van der Waals surface area contributed by atoms with E-state index < -0.39 is 5.54 Å². The summed E-state index contributed by atoms with van der Waals surface area (Å²) in [6.45, 7) is 8.06. The molecule has 0 radical (unpaired) electrons. The first-order valence-corrected chi connectivity index (χ1v) is 12.0. The predicted octanol–water partition coefficient (Wildman–Crippen LogP) is 2.66. The van der Waals surface area contributed by atoms with Crippen molar-refractivity contribution in [3.05, 3.63) is 47.3 Å². The SMILES string of the molecule is CCOC(=O)c1cnn(-c2ccccc2C)c1CN1CCC(C(N)=O)(N2CCCCC2)CC1. The van der Waals surface area contributed by atoms with Crippen molar-refractivity contribution in [1.82, 2.24) is 19.6 Å². The number of amides is 1. The Bertz CT molecular complexity index is 988. The van der Waals surface area contributed by atoms with Crippen LogP contribution in [-0.2, 0) is 16.1 Å². The first-order valence-electron chi connectivity index (χ1n) is 12.0. The van der Waals surface area contributed by atoms with Crippen molar-refractivity contribution in [2.75, 3.05) is 32.8 Å². The number of para-hydroxylation sites is 1. The number of nitrogens with zero attached hydrogens (tertiary/aromatic N) is 4. The van der Waals surface area contributed by atoms with Crippen LogP contribution in [0.25, 0.3) is 5.69 Å². The zero-order valence-corrected chi connectivity index (χ0v) is 19.8. The number of hydrogen-bond acceptors (Lipinski definition) is 6. The van der Waals surface area contributed by atoms with E-state index >= 15 is 0 Å². The van der Waals surface area contributed by atoms with Crippen LogP contribution >= 0.6 is 0 Å². The zero-order chi connectivity index (χ0) is 23.4. The summed E-state index contributed by atoms with van der Waals surface area (Å²) in [6, 6.07) is 8.00. The van der Waals surface area contributed by atoms with Gasteiger partial charge in [0.15, 0.2) is 0 Å². The highest BCUT2D eigenvalue weighted by molar-refractivity contribution is 5.90. The van der Waals surface area contributed by atoms with E-state index in [1.807, 2.05) is 35.9 Å². The van der Waals surface area contributed by atoms with Gasteiger partial charge in [-0.05, 0) is 64.3 Å². The number of esters is 1. The molecule has 0 atom stereocenters. The number of hydrogen-bond donors (Lipinski definition) is 1. The summed E-state index contributed by atoms with van der Waals surface area (Å²) >= 11 is 0. The number of piperidine rings is 2. The van der Waals surface area contributed by atoms with Gasteiger partial charge >= 0.3 is 5.97 Å². The standard InChI is InChI=1S/C25H35N5O3/c1-3-33-23(31)20-17-27-30(21-10-6-5-9-19(21)2)22(20)18-28-15-11-25(12-16-28,24(26)32)29-13-7-4-8-14-29/h5-6,9-10,17H,3-4,7-8,11-16,18H2,1-2H3,(H2,26,32). The number of benzene rings is 1. The van der Waals surface area contributed by atoms with Crippen molar-refractivity contribution >= 4 is 11.9 Å². The molecule has 2 aliphatic rings. The Hall–Kier alpha value is -2.71. The van der Waals surface area contributed by atoms with Crippen LogP contribution in [0.4, 0.5) is 0 Å². The highest BCUT2D eigenvalue weighted by atomic mass is 16.5. The molecule has 178 valence electrons. The molecule has 1 aromatic heterocycles. The maximum Gasteiger partial charge on any atom is 0.341 e. The lowest BCUT2D eigenvalue weighted by atomic mass is 9.83. The second kappa shape index (κ2) is 10.1. The lowest BCUT2D eigenvalue weighted by molar-refractivity contribution is -0.135. The van der Waals surface area contributed by atoms with Gasteiger partial charge in [0.25, 0.3) is 0 Å². The molecule has 3 heterocycles. The van der Waals surface area contributed by atoms with Gasteiger partial charge in [-0.1, -0.05) is 24.6 Å². The lowest BCUT2D eigenvalue weighted by Crippen LogP contribution is -2.63. The third-order valence-corrected chi connectivity index (χ3v) is 7.18. The van der Waals surface area contributed by atoms with Crippen molar-refractivity contribution in [1.29, 1.82) is 0 Å². The second-order valence-corrected chi connectivity index (χ2v) is 9.14. The van der Waals surface area contributed by atoms with Gasteiger partial charge < -0.3 is 10.5 Å². The van der Waals surface area contributed by atoms with Crippen LogP contribution in [0.5, 0.6) is 0 Å². The molecule has 0 bridgehead atoms. The third kappa shape index (κ3) is 4.68. The molecule has 8 heteroatoms. The van der Waals surface area contributed by atoms with Gasteiger partial charge in [-0.25, -0.2) is 9.48 Å². The van der Waals surface area contributed by atoms with Crippen molar-refractivity contribution < 1.29 is 14.3 Å². The molecule has 2 fully saturated rings. The Morgan fingerprint density at radius 2 is 1.79 bits per heavy atom. The number of ether oxygens (including phenoxy) is 1. The Labute approximate surface area is 195 Å². The smallest absolute Gasteiger partial charge is 0.341 e. The summed E-state index contributed by atoms with van der Waals surface area (Å²) in [6.07, 6.45) is 6.47. The molecule has 0 spiro atoms. The van der Waals surface area contributed by atoms with Crippen molar-refractivity contribution in [2.45, 2.75) is 58.0 Å². The van der Waals surface area contributed by atoms with Crippen LogP contribution in [0.1, 0.15) is 60.6 Å². The van der Waals surface area contributed by atoms with Crippen LogP contribution < -0.4 is 5.73 Å². The van der Waals surface area contributed by atoms with E-state index in [0.717, 1.165) is 56.0 Å². The Kier molecular flexibility index (Phi) is 7.14. The minimum Gasteiger partial charge on any atom is -0.462 e. The highest BCUT2D eigenvalue weighted by Crippen LogP contribution is 2.32. The summed E-state index contributed by atoms with van der Waals surface area (Å²) in [4.78, 5) is 29.9.